The van der Waals surface area contributed by atoms with E-state index in [4.69, 9.17) is 9.47 Å². The van der Waals surface area contributed by atoms with E-state index in [1.807, 2.05) is 44.2 Å². The summed E-state index contributed by atoms with van der Waals surface area (Å²) in [4.78, 5) is 29.3. The minimum absolute atomic E-state index is 0.137. The number of rotatable bonds is 4. The van der Waals surface area contributed by atoms with E-state index in [0.29, 0.717) is 23.7 Å². The quantitative estimate of drug-likeness (QED) is 0.746. The standard InChI is InChI=1S/C23H26N2O4/c1-14-5-6-18(9-15(14)2)25-22(26)12-19(23(25)27)24-8-7-16-10-20(28-3)21(29-4)11-17(16)13-24/h5-6,9-11,19H,7-8,12-13H2,1-4H3/t19-/m0/s1. The summed E-state index contributed by atoms with van der Waals surface area (Å²) in [6.45, 7) is 5.35. The molecule has 6 heteroatoms. The highest BCUT2D eigenvalue weighted by atomic mass is 16.5. The predicted molar refractivity (Wildman–Crippen MR) is 110 cm³/mol. The first kappa shape index (κ1) is 19.5. The summed E-state index contributed by atoms with van der Waals surface area (Å²) in [6.07, 6.45) is 1.02. The molecule has 0 unspecified atom stereocenters. The first-order valence-electron chi connectivity index (χ1n) is 9.84. The van der Waals surface area contributed by atoms with Gasteiger partial charge in [-0.3, -0.25) is 14.5 Å². The lowest BCUT2D eigenvalue weighted by Crippen LogP contribution is -2.44. The highest BCUT2D eigenvalue weighted by molar-refractivity contribution is 6.22. The lowest BCUT2D eigenvalue weighted by Gasteiger charge is -2.32. The highest BCUT2D eigenvalue weighted by Gasteiger charge is 2.43. The van der Waals surface area contributed by atoms with Gasteiger partial charge in [0.05, 0.1) is 32.4 Å². The van der Waals surface area contributed by atoms with E-state index in [1.165, 1.54) is 10.5 Å². The van der Waals surface area contributed by atoms with Gasteiger partial charge in [0, 0.05) is 13.1 Å². The number of amides is 2. The molecular weight excluding hydrogens is 368 g/mol. The van der Waals surface area contributed by atoms with Gasteiger partial charge >= 0.3 is 0 Å². The van der Waals surface area contributed by atoms with Gasteiger partial charge in [0.2, 0.25) is 5.91 Å². The van der Waals surface area contributed by atoms with Crippen LogP contribution in [0.1, 0.15) is 28.7 Å². The zero-order valence-electron chi connectivity index (χ0n) is 17.3. The summed E-state index contributed by atoms with van der Waals surface area (Å²) in [5.74, 6) is 1.12. The third kappa shape index (κ3) is 3.38. The molecule has 2 aliphatic rings. The van der Waals surface area contributed by atoms with E-state index < -0.39 is 6.04 Å². The van der Waals surface area contributed by atoms with E-state index >= 15 is 0 Å². The first-order chi connectivity index (χ1) is 13.9. The molecule has 1 saturated heterocycles. The molecule has 0 radical (unpaired) electrons. The van der Waals surface area contributed by atoms with Gasteiger partial charge in [-0.1, -0.05) is 6.07 Å². The Labute approximate surface area is 171 Å². The van der Waals surface area contributed by atoms with Crippen LogP contribution in [0.3, 0.4) is 0 Å². The van der Waals surface area contributed by atoms with Gasteiger partial charge in [-0.25, -0.2) is 4.90 Å². The number of carbonyl (C=O) groups excluding carboxylic acids is 2. The zero-order chi connectivity index (χ0) is 20.7. The fourth-order valence-corrected chi connectivity index (χ4v) is 4.21. The average molecular weight is 394 g/mol. The lowest BCUT2D eigenvalue weighted by atomic mass is 9.97. The number of methoxy groups -OCH3 is 2. The number of hydrogen-bond donors (Lipinski definition) is 0. The Morgan fingerprint density at radius 3 is 2.28 bits per heavy atom. The molecule has 4 rings (SSSR count). The number of hydrogen-bond acceptors (Lipinski definition) is 5. The summed E-state index contributed by atoms with van der Waals surface area (Å²) in [6, 6.07) is 9.27. The van der Waals surface area contributed by atoms with Crippen molar-refractivity contribution in [1.82, 2.24) is 4.90 Å². The molecule has 2 aromatic carbocycles. The maximum Gasteiger partial charge on any atom is 0.251 e. The Morgan fingerprint density at radius 2 is 1.62 bits per heavy atom. The van der Waals surface area contributed by atoms with Gasteiger partial charge < -0.3 is 9.47 Å². The number of aryl methyl sites for hydroxylation is 2. The number of nitrogens with zero attached hydrogens (tertiary/aromatic N) is 2. The molecule has 2 amide bonds. The number of ether oxygens (including phenoxy) is 2. The van der Waals surface area contributed by atoms with Crippen LogP contribution in [0.4, 0.5) is 5.69 Å². The van der Waals surface area contributed by atoms with Gasteiger partial charge in [-0.15, -0.1) is 0 Å². The van der Waals surface area contributed by atoms with Crippen LogP contribution in [0.15, 0.2) is 30.3 Å². The van der Waals surface area contributed by atoms with Gasteiger partial charge in [0.25, 0.3) is 5.91 Å². The fraction of sp³-hybridized carbons (Fsp3) is 0.391. The Morgan fingerprint density at radius 1 is 0.931 bits per heavy atom. The largest absolute Gasteiger partial charge is 0.493 e. The van der Waals surface area contributed by atoms with Crippen LogP contribution in [0.2, 0.25) is 0 Å². The molecule has 2 aromatic rings. The minimum atomic E-state index is -0.426. The zero-order valence-corrected chi connectivity index (χ0v) is 17.3. The van der Waals surface area contributed by atoms with Crippen molar-refractivity contribution in [2.24, 2.45) is 0 Å². The molecule has 0 spiro atoms. The third-order valence-corrected chi connectivity index (χ3v) is 6.06. The topological polar surface area (TPSA) is 59.1 Å². The Bertz CT molecular complexity index is 985. The van der Waals surface area contributed by atoms with Crippen molar-refractivity contribution in [2.75, 3.05) is 25.7 Å². The molecule has 0 aliphatic carbocycles. The number of carbonyl (C=O) groups is 2. The van der Waals surface area contributed by atoms with Crippen molar-refractivity contribution in [3.05, 3.63) is 52.6 Å². The van der Waals surface area contributed by atoms with Crippen molar-refractivity contribution < 1.29 is 19.1 Å². The number of benzene rings is 2. The van der Waals surface area contributed by atoms with Crippen molar-refractivity contribution in [2.45, 2.75) is 39.3 Å². The summed E-state index contributed by atoms with van der Waals surface area (Å²) < 4.78 is 10.8. The van der Waals surface area contributed by atoms with Crippen molar-refractivity contribution in [3.8, 4) is 11.5 Å². The van der Waals surface area contributed by atoms with E-state index in [-0.39, 0.29) is 18.2 Å². The SMILES string of the molecule is COc1cc2c(cc1OC)CN([C@H]1CC(=O)N(c3ccc(C)c(C)c3)C1=O)CC2. The van der Waals surface area contributed by atoms with Crippen molar-refractivity contribution in [3.63, 3.8) is 0 Å². The monoisotopic (exact) mass is 394 g/mol. The molecule has 29 heavy (non-hydrogen) atoms. The number of imide groups is 1. The molecule has 152 valence electrons. The molecule has 0 bridgehead atoms. The van der Waals surface area contributed by atoms with Crippen LogP contribution in [0.25, 0.3) is 0 Å². The molecule has 2 aliphatic heterocycles. The average Bonchev–Trinajstić information content (AvgIpc) is 3.02. The molecule has 6 nitrogen and oxygen atoms in total. The smallest absolute Gasteiger partial charge is 0.251 e. The van der Waals surface area contributed by atoms with E-state index in [2.05, 4.69) is 4.90 Å². The van der Waals surface area contributed by atoms with Crippen LogP contribution in [-0.4, -0.2) is 43.5 Å². The highest BCUT2D eigenvalue weighted by Crippen LogP contribution is 2.35. The van der Waals surface area contributed by atoms with Crippen molar-refractivity contribution >= 4 is 17.5 Å². The fourth-order valence-electron chi connectivity index (χ4n) is 4.21. The van der Waals surface area contributed by atoms with Crippen LogP contribution < -0.4 is 14.4 Å². The Kier molecular flexibility index (Phi) is 5.04. The normalized spacial score (nSPS) is 19.4. The molecule has 2 heterocycles. The van der Waals surface area contributed by atoms with Gasteiger partial charge in [0.1, 0.15) is 0 Å². The van der Waals surface area contributed by atoms with Crippen LogP contribution in [0.5, 0.6) is 11.5 Å². The second kappa shape index (κ2) is 7.52. The lowest BCUT2D eigenvalue weighted by molar-refractivity contribution is -0.123. The maximum absolute atomic E-state index is 13.2. The molecular formula is C23H26N2O4. The Balaban J connectivity index is 1.58. The summed E-state index contributed by atoms with van der Waals surface area (Å²) in [5, 5.41) is 0. The van der Waals surface area contributed by atoms with Gasteiger partial charge in [-0.2, -0.15) is 0 Å². The predicted octanol–water partition coefficient (Wildman–Crippen LogP) is 3.01. The van der Waals surface area contributed by atoms with E-state index in [1.54, 1.807) is 14.2 Å². The summed E-state index contributed by atoms with van der Waals surface area (Å²) in [7, 11) is 3.25. The minimum Gasteiger partial charge on any atom is -0.493 e. The Hall–Kier alpha value is -2.86. The summed E-state index contributed by atoms with van der Waals surface area (Å²) >= 11 is 0. The number of fused-ring (bicyclic) bond motifs is 1. The van der Waals surface area contributed by atoms with Crippen LogP contribution >= 0.6 is 0 Å². The molecule has 0 N–H and O–H groups in total. The molecule has 0 saturated carbocycles. The number of anilines is 1. The summed E-state index contributed by atoms with van der Waals surface area (Å²) in [5.41, 5.74) is 5.18. The molecule has 1 fully saturated rings. The first-order valence-corrected chi connectivity index (χ1v) is 9.84. The van der Waals surface area contributed by atoms with Crippen LogP contribution in [-0.2, 0) is 22.6 Å². The maximum atomic E-state index is 13.2. The second-order valence-electron chi connectivity index (χ2n) is 7.75. The molecule has 0 aromatic heterocycles. The molecule has 1 atom stereocenters. The third-order valence-electron chi connectivity index (χ3n) is 6.06. The van der Waals surface area contributed by atoms with Crippen LogP contribution in [0, 0.1) is 13.8 Å². The van der Waals surface area contributed by atoms with Gasteiger partial charge in [0.15, 0.2) is 11.5 Å². The van der Waals surface area contributed by atoms with Gasteiger partial charge in [-0.05, 0) is 66.8 Å². The second-order valence-corrected chi connectivity index (χ2v) is 7.75. The van der Waals surface area contributed by atoms with E-state index in [9.17, 15) is 9.59 Å². The van der Waals surface area contributed by atoms with Crippen molar-refractivity contribution in [1.29, 1.82) is 0 Å². The van der Waals surface area contributed by atoms with E-state index in [0.717, 1.165) is 29.7 Å².